The fourth-order valence-corrected chi connectivity index (χ4v) is 2.58. The number of carbonyl (C=O) groups excluding carboxylic acids is 3. The highest BCUT2D eigenvalue weighted by molar-refractivity contribution is 6.00. The molecule has 2 rings (SSSR count). The Morgan fingerprint density at radius 3 is 1.93 bits per heavy atom. The number of phenolic OH excluding ortho intramolecular Hbond substituents is 3. The van der Waals surface area contributed by atoms with E-state index < -0.39 is 63.8 Å². The van der Waals surface area contributed by atoms with Crippen LogP contribution in [0.4, 0.5) is 0 Å². The second kappa shape index (κ2) is 7.66. The summed E-state index contributed by atoms with van der Waals surface area (Å²) < 4.78 is 4.92. The fourth-order valence-electron chi connectivity index (χ4n) is 2.58. The summed E-state index contributed by atoms with van der Waals surface area (Å²) in [5, 5.41) is 48.4. The third-order valence-corrected chi connectivity index (χ3v) is 3.93. The summed E-state index contributed by atoms with van der Waals surface area (Å²) in [5.41, 5.74) is -2.62. The lowest BCUT2D eigenvalue weighted by Gasteiger charge is -2.14. The summed E-state index contributed by atoms with van der Waals surface area (Å²) in [6.07, 6.45) is 0.198. The number of benzene rings is 2. The van der Waals surface area contributed by atoms with Crippen molar-refractivity contribution < 1.29 is 49.4 Å². The van der Waals surface area contributed by atoms with E-state index in [1.54, 1.807) is 0 Å². The lowest BCUT2D eigenvalue weighted by Crippen LogP contribution is -2.12. The van der Waals surface area contributed by atoms with Crippen LogP contribution in [0.1, 0.15) is 52.6 Å². The van der Waals surface area contributed by atoms with Crippen LogP contribution < -0.4 is 0 Å². The molecule has 0 bridgehead atoms. The molecule has 0 aliphatic rings. The van der Waals surface area contributed by atoms with E-state index in [1.807, 2.05) is 0 Å². The fraction of sp³-hybridized carbons (Fsp3) is 0.111. The highest BCUT2D eigenvalue weighted by atomic mass is 16.5. The maximum atomic E-state index is 12.3. The third kappa shape index (κ3) is 3.43. The monoisotopic (exact) mass is 390 g/mol. The second-order valence-corrected chi connectivity index (χ2v) is 5.66. The van der Waals surface area contributed by atoms with Gasteiger partial charge in [-0.05, 0) is 24.6 Å². The molecule has 28 heavy (non-hydrogen) atoms. The zero-order valence-electron chi connectivity index (χ0n) is 14.3. The van der Waals surface area contributed by atoms with Crippen molar-refractivity contribution in [2.24, 2.45) is 0 Å². The molecule has 10 nitrogen and oxygen atoms in total. The van der Waals surface area contributed by atoms with Gasteiger partial charge in [0, 0.05) is 5.56 Å². The number of carboxylic acid groups (broad SMARTS) is 1. The number of rotatable bonds is 6. The Labute approximate surface area is 156 Å². The minimum absolute atomic E-state index is 0.0612. The van der Waals surface area contributed by atoms with Gasteiger partial charge in [-0.2, -0.15) is 0 Å². The Bertz CT molecular complexity index is 1010. The van der Waals surface area contributed by atoms with E-state index in [0.29, 0.717) is 0 Å². The largest absolute Gasteiger partial charge is 0.507 e. The number of phenols is 4. The van der Waals surface area contributed by atoms with Crippen LogP contribution in [-0.2, 0) is 11.3 Å². The Hall–Kier alpha value is -4.08. The molecule has 0 fully saturated rings. The van der Waals surface area contributed by atoms with E-state index in [-0.39, 0.29) is 23.7 Å². The van der Waals surface area contributed by atoms with Gasteiger partial charge in [-0.3, -0.25) is 9.59 Å². The molecule has 2 aromatic carbocycles. The molecule has 0 unspecified atom stereocenters. The molecule has 0 saturated carbocycles. The van der Waals surface area contributed by atoms with Crippen molar-refractivity contribution in [2.45, 2.75) is 13.5 Å². The van der Waals surface area contributed by atoms with Crippen molar-refractivity contribution in [3.8, 4) is 23.0 Å². The van der Waals surface area contributed by atoms with Crippen molar-refractivity contribution in [2.75, 3.05) is 0 Å². The molecule has 0 aromatic heterocycles. The van der Waals surface area contributed by atoms with Crippen LogP contribution in [0, 0.1) is 6.92 Å². The van der Waals surface area contributed by atoms with E-state index in [4.69, 9.17) is 4.74 Å². The number of aromatic carboxylic acids is 1. The number of ether oxygens (including phenoxy) is 1. The molecule has 0 heterocycles. The zero-order valence-corrected chi connectivity index (χ0v) is 14.3. The minimum atomic E-state index is -1.64. The number of hydrogen-bond acceptors (Lipinski definition) is 9. The van der Waals surface area contributed by atoms with E-state index in [9.17, 15) is 44.7 Å². The molecule has 10 heteroatoms. The lowest BCUT2D eigenvalue weighted by atomic mass is 10.0. The van der Waals surface area contributed by atoms with Crippen LogP contribution in [0.3, 0.4) is 0 Å². The standard InChI is InChI=1S/C18H14O10/c1-7-2-11(21)9(4-19)15(23)13(7)18(27)28-6-8-3-12(22)10(5-20)16(24)14(8)17(25)26/h2-5,21-24H,6H2,1H3,(H,25,26). The van der Waals surface area contributed by atoms with Gasteiger partial charge in [0.25, 0.3) is 0 Å². The average Bonchev–Trinajstić information content (AvgIpc) is 2.59. The highest BCUT2D eigenvalue weighted by Gasteiger charge is 2.25. The van der Waals surface area contributed by atoms with Gasteiger partial charge in [-0.25, -0.2) is 9.59 Å². The van der Waals surface area contributed by atoms with Gasteiger partial charge in [-0.1, -0.05) is 0 Å². The SMILES string of the molecule is Cc1cc(O)c(C=O)c(O)c1C(=O)OCc1cc(O)c(C=O)c(O)c1C(=O)O. The van der Waals surface area contributed by atoms with Gasteiger partial charge in [-0.15, -0.1) is 0 Å². The number of aldehydes is 2. The van der Waals surface area contributed by atoms with Crippen LogP contribution in [0.15, 0.2) is 12.1 Å². The molecular weight excluding hydrogens is 376 g/mol. The van der Waals surface area contributed by atoms with Gasteiger partial charge in [0.05, 0.1) is 11.1 Å². The minimum Gasteiger partial charge on any atom is -0.507 e. The molecule has 5 N–H and O–H groups in total. The average molecular weight is 390 g/mol. The lowest BCUT2D eigenvalue weighted by molar-refractivity contribution is 0.0460. The molecule has 0 amide bonds. The molecule has 146 valence electrons. The quantitative estimate of drug-likeness (QED) is 0.358. The van der Waals surface area contributed by atoms with Crippen LogP contribution in [0.2, 0.25) is 0 Å². The summed E-state index contributed by atoms with van der Waals surface area (Å²) in [7, 11) is 0. The first-order valence-electron chi connectivity index (χ1n) is 7.58. The normalized spacial score (nSPS) is 10.3. The van der Waals surface area contributed by atoms with Crippen LogP contribution in [0.5, 0.6) is 23.0 Å². The third-order valence-electron chi connectivity index (χ3n) is 3.93. The van der Waals surface area contributed by atoms with E-state index in [2.05, 4.69) is 0 Å². The molecule has 0 radical (unpaired) electrons. The number of aryl methyl sites for hydroxylation is 1. The second-order valence-electron chi connectivity index (χ2n) is 5.66. The molecule has 0 saturated heterocycles. The molecule has 2 aromatic rings. The van der Waals surface area contributed by atoms with E-state index in [0.717, 1.165) is 12.1 Å². The summed E-state index contributed by atoms with van der Waals surface area (Å²) in [4.78, 5) is 45.5. The molecular formula is C18H14O10. The van der Waals surface area contributed by atoms with Crippen LogP contribution in [0.25, 0.3) is 0 Å². The highest BCUT2D eigenvalue weighted by Crippen LogP contribution is 2.35. The number of aromatic hydroxyl groups is 4. The van der Waals surface area contributed by atoms with E-state index in [1.165, 1.54) is 6.92 Å². The Kier molecular flexibility index (Phi) is 5.53. The van der Waals surface area contributed by atoms with Crippen molar-refractivity contribution >= 4 is 24.5 Å². The van der Waals surface area contributed by atoms with Gasteiger partial charge >= 0.3 is 11.9 Å². The maximum Gasteiger partial charge on any atom is 0.342 e. The van der Waals surface area contributed by atoms with Crippen molar-refractivity contribution in [3.05, 3.63) is 45.5 Å². The van der Waals surface area contributed by atoms with Crippen molar-refractivity contribution in [3.63, 3.8) is 0 Å². The first kappa shape index (κ1) is 20.2. The number of esters is 1. The van der Waals surface area contributed by atoms with Crippen molar-refractivity contribution in [1.82, 2.24) is 0 Å². The maximum absolute atomic E-state index is 12.3. The van der Waals surface area contributed by atoms with Gasteiger partial charge in [0.2, 0.25) is 0 Å². The van der Waals surface area contributed by atoms with Gasteiger partial charge in [0.15, 0.2) is 12.6 Å². The first-order valence-corrected chi connectivity index (χ1v) is 7.58. The zero-order chi connectivity index (χ0) is 21.2. The summed E-state index contributed by atoms with van der Waals surface area (Å²) in [6.45, 7) is 0.598. The van der Waals surface area contributed by atoms with Gasteiger partial charge < -0.3 is 30.3 Å². The first-order chi connectivity index (χ1) is 13.1. The van der Waals surface area contributed by atoms with Crippen LogP contribution >= 0.6 is 0 Å². The predicted molar refractivity (Wildman–Crippen MR) is 91.1 cm³/mol. The molecule has 0 atom stereocenters. The van der Waals surface area contributed by atoms with Crippen molar-refractivity contribution in [1.29, 1.82) is 0 Å². The summed E-state index contributed by atoms with van der Waals surface area (Å²) in [6, 6.07) is 1.89. The van der Waals surface area contributed by atoms with E-state index >= 15 is 0 Å². The Morgan fingerprint density at radius 1 is 0.929 bits per heavy atom. The summed E-state index contributed by atoms with van der Waals surface area (Å²) >= 11 is 0. The molecule has 0 aliphatic heterocycles. The van der Waals surface area contributed by atoms with Gasteiger partial charge in [0.1, 0.15) is 40.7 Å². The number of hydrogen-bond donors (Lipinski definition) is 5. The predicted octanol–water partition coefficient (Wildman–Crippen LogP) is 1.50. The molecule has 0 spiro atoms. The topological polar surface area (TPSA) is 179 Å². The summed E-state index contributed by atoms with van der Waals surface area (Å²) in [5.74, 6) is -5.89. The number of carbonyl (C=O) groups is 4. The Morgan fingerprint density at radius 2 is 1.43 bits per heavy atom. The molecule has 0 aliphatic carbocycles. The Balaban J connectivity index is 2.43. The number of carboxylic acids is 1. The smallest absolute Gasteiger partial charge is 0.342 e. The van der Waals surface area contributed by atoms with Crippen LogP contribution in [-0.4, -0.2) is 50.0 Å².